The first-order valence-corrected chi connectivity index (χ1v) is 4.93. The van der Waals surface area contributed by atoms with Gasteiger partial charge in [0.2, 0.25) is 0 Å². The maximum absolute atomic E-state index is 10.3. The van der Waals surface area contributed by atoms with Crippen LogP contribution in [0.2, 0.25) is 0 Å². The van der Waals surface area contributed by atoms with Crippen LogP contribution in [0.3, 0.4) is 0 Å². The Labute approximate surface area is 70.4 Å². The number of nitrogens with one attached hydrogen (secondary N) is 1. The maximum Gasteiger partial charge on any atom is 0.333 e. The summed E-state index contributed by atoms with van der Waals surface area (Å²) < 4.78 is 35.8. The summed E-state index contributed by atoms with van der Waals surface area (Å²) in [5, 5.41) is 9.21. The Morgan fingerprint density at radius 3 is 2.67 bits per heavy atom. The fraction of sp³-hybridized carbons (Fsp3) is 1.00. The SMILES string of the molecule is O=S(=O)(O)NC1COCC[C@H]1O. The molecule has 0 amide bonds. The standard InChI is InChI=1S/C5H11NO5S/c7-5-1-2-11-3-4(5)6-12(8,9)10/h4-7H,1-3H2,(H,8,9,10)/t4?,5-/m1/s1. The highest BCUT2D eigenvalue weighted by Crippen LogP contribution is 2.07. The van der Waals surface area contributed by atoms with E-state index in [1.807, 2.05) is 4.72 Å². The quantitative estimate of drug-likeness (QED) is 0.470. The van der Waals surface area contributed by atoms with Crippen molar-refractivity contribution in [3.8, 4) is 0 Å². The van der Waals surface area contributed by atoms with Gasteiger partial charge in [-0.1, -0.05) is 0 Å². The lowest BCUT2D eigenvalue weighted by atomic mass is 10.1. The molecule has 72 valence electrons. The van der Waals surface area contributed by atoms with Crippen LogP contribution >= 0.6 is 0 Å². The Bertz CT molecular complexity index is 238. The minimum Gasteiger partial charge on any atom is -0.391 e. The number of aliphatic hydroxyl groups excluding tert-OH is 1. The summed E-state index contributed by atoms with van der Waals surface area (Å²) >= 11 is 0. The van der Waals surface area contributed by atoms with Crippen LogP contribution in [0.5, 0.6) is 0 Å². The van der Waals surface area contributed by atoms with E-state index in [1.165, 1.54) is 0 Å². The van der Waals surface area contributed by atoms with Gasteiger partial charge in [0, 0.05) is 6.61 Å². The van der Waals surface area contributed by atoms with Crippen molar-refractivity contribution in [2.45, 2.75) is 18.6 Å². The van der Waals surface area contributed by atoms with Gasteiger partial charge < -0.3 is 9.84 Å². The van der Waals surface area contributed by atoms with Gasteiger partial charge >= 0.3 is 10.3 Å². The van der Waals surface area contributed by atoms with Crippen LogP contribution in [0.25, 0.3) is 0 Å². The van der Waals surface area contributed by atoms with Crippen molar-refractivity contribution in [1.29, 1.82) is 0 Å². The molecule has 3 N–H and O–H groups in total. The van der Waals surface area contributed by atoms with Gasteiger partial charge in [0.1, 0.15) is 0 Å². The molecule has 1 aliphatic rings. The molecule has 1 unspecified atom stereocenters. The van der Waals surface area contributed by atoms with Gasteiger partial charge in [0.05, 0.1) is 18.8 Å². The second-order valence-corrected chi connectivity index (χ2v) is 3.82. The van der Waals surface area contributed by atoms with Crippen molar-refractivity contribution >= 4 is 10.3 Å². The van der Waals surface area contributed by atoms with Crippen LogP contribution < -0.4 is 4.72 Å². The summed E-state index contributed by atoms with van der Waals surface area (Å²) in [5.41, 5.74) is 0. The molecule has 1 heterocycles. The molecule has 12 heavy (non-hydrogen) atoms. The smallest absolute Gasteiger partial charge is 0.333 e. The van der Waals surface area contributed by atoms with Gasteiger partial charge in [-0.3, -0.25) is 4.55 Å². The van der Waals surface area contributed by atoms with Crippen LogP contribution in [-0.2, 0) is 15.0 Å². The fourth-order valence-corrected chi connectivity index (χ4v) is 1.64. The van der Waals surface area contributed by atoms with Gasteiger partial charge in [-0.25, -0.2) is 0 Å². The van der Waals surface area contributed by atoms with Crippen molar-refractivity contribution in [3.05, 3.63) is 0 Å². The molecular weight excluding hydrogens is 186 g/mol. The summed E-state index contributed by atoms with van der Waals surface area (Å²) in [6, 6.07) is -0.742. The molecule has 1 rings (SSSR count). The fourth-order valence-electron chi connectivity index (χ4n) is 1.03. The molecule has 0 spiro atoms. The lowest BCUT2D eigenvalue weighted by Gasteiger charge is -2.26. The summed E-state index contributed by atoms with van der Waals surface area (Å²) in [4.78, 5) is 0. The third-order valence-corrected chi connectivity index (χ3v) is 2.22. The third-order valence-electron chi connectivity index (χ3n) is 1.62. The van der Waals surface area contributed by atoms with Gasteiger partial charge in [0.15, 0.2) is 0 Å². The molecule has 1 saturated heterocycles. The Balaban J connectivity index is 2.50. The molecule has 2 atom stereocenters. The lowest BCUT2D eigenvalue weighted by Crippen LogP contribution is -2.49. The number of ether oxygens (including phenoxy) is 1. The number of hydrogen-bond acceptors (Lipinski definition) is 4. The van der Waals surface area contributed by atoms with Crippen LogP contribution in [0.15, 0.2) is 0 Å². The molecule has 0 saturated carbocycles. The van der Waals surface area contributed by atoms with Crippen LogP contribution in [0.4, 0.5) is 0 Å². The van der Waals surface area contributed by atoms with E-state index in [4.69, 9.17) is 9.29 Å². The maximum atomic E-state index is 10.3. The molecule has 0 aromatic carbocycles. The van der Waals surface area contributed by atoms with Gasteiger partial charge in [-0.05, 0) is 6.42 Å². The van der Waals surface area contributed by atoms with Crippen LogP contribution in [0.1, 0.15) is 6.42 Å². The Morgan fingerprint density at radius 2 is 2.17 bits per heavy atom. The van der Waals surface area contributed by atoms with Crippen molar-refractivity contribution < 1.29 is 22.8 Å². The zero-order valence-corrected chi connectivity index (χ0v) is 7.12. The first-order chi connectivity index (χ1) is 5.49. The largest absolute Gasteiger partial charge is 0.391 e. The van der Waals surface area contributed by atoms with Crippen LogP contribution in [0, 0.1) is 0 Å². The second-order valence-electron chi connectivity index (χ2n) is 2.63. The molecule has 0 radical (unpaired) electrons. The van der Waals surface area contributed by atoms with E-state index in [2.05, 4.69) is 0 Å². The summed E-state index contributed by atoms with van der Waals surface area (Å²) in [5.74, 6) is 0. The Morgan fingerprint density at radius 1 is 1.50 bits per heavy atom. The molecule has 0 aromatic heterocycles. The first kappa shape index (κ1) is 9.87. The number of aliphatic hydroxyl groups is 1. The highest BCUT2D eigenvalue weighted by molar-refractivity contribution is 7.83. The van der Waals surface area contributed by atoms with E-state index in [0.29, 0.717) is 13.0 Å². The molecule has 1 aliphatic heterocycles. The molecule has 0 aliphatic carbocycles. The highest BCUT2D eigenvalue weighted by Gasteiger charge is 2.26. The normalized spacial score (nSPS) is 31.8. The Hall–Kier alpha value is -0.210. The predicted octanol–water partition coefficient (Wildman–Crippen LogP) is -1.47. The third kappa shape index (κ3) is 3.03. The van der Waals surface area contributed by atoms with E-state index in [1.54, 1.807) is 0 Å². The van der Waals surface area contributed by atoms with Crippen molar-refractivity contribution in [1.82, 2.24) is 4.72 Å². The van der Waals surface area contributed by atoms with E-state index < -0.39 is 22.4 Å². The van der Waals surface area contributed by atoms with Gasteiger partial charge in [-0.2, -0.15) is 13.1 Å². The topological polar surface area (TPSA) is 95.9 Å². The molecule has 0 bridgehead atoms. The molecule has 1 fully saturated rings. The lowest BCUT2D eigenvalue weighted by molar-refractivity contribution is -0.00906. The van der Waals surface area contributed by atoms with E-state index in [-0.39, 0.29) is 6.61 Å². The van der Waals surface area contributed by atoms with Crippen molar-refractivity contribution in [2.75, 3.05) is 13.2 Å². The second kappa shape index (κ2) is 3.67. The first-order valence-electron chi connectivity index (χ1n) is 3.49. The molecule has 6 nitrogen and oxygen atoms in total. The van der Waals surface area contributed by atoms with Gasteiger partial charge in [0.25, 0.3) is 0 Å². The molecular formula is C5H11NO5S. The summed E-state index contributed by atoms with van der Waals surface area (Å²) in [7, 11) is -4.25. The number of hydrogen-bond donors (Lipinski definition) is 3. The summed E-state index contributed by atoms with van der Waals surface area (Å²) in [6.07, 6.45) is -0.423. The average Bonchev–Trinajstić information content (AvgIpc) is 1.91. The van der Waals surface area contributed by atoms with E-state index in [0.717, 1.165) is 0 Å². The van der Waals surface area contributed by atoms with Crippen LogP contribution in [-0.4, -0.2) is 43.4 Å². The predicted molar refractivity (Wildman–Crippen MR) is 39.9 cm³/mol. The number of rotatable bonds is 2. The molecule has 7 heteroatoms. The zero-order chi connectivity index (χ0) is 9.19. The summed E-state index contributed by atoms with van der Waals surface area (Å²) in [6.45, 7) is 0.492. The monoisotopic (exact) mass is 197 g/mol. The Kier molecular flexibility index (Phi) is 3.02. The minimum atomic E-state index is -4.25. The minimum absolute atomic E-state index is 0.0843. The zero-order valence-electron chi connectivity index (χ0n) is 6.30. The van der Waals surface area contributed by atoms with Crippen molar-refractivity contribution in [2.24, 2.45) is 0 Å². The van der Waals surface area contributed by atoms with E-state index in [9.17, 15) is 13.5 Å². The van der Waals surface area contributed by atoms with E-state index >= 15 is 0 Å². The average molecular weight is 197 g/mol. The highest BCUT2D eigenvalue weighted by atomic mass is 32.2. The van der Waals surface area contributed by atoms with Gasteiger partial charge in [-0.15, -0.1) is 0 Å². The molecule has 0 aromatic rings. The van der Waals surface area contributed by atoms with Crippen molar-refractivity contribution in [3.63, 3.8) is 0 Å².